The fourth-order valence-corrected chi connectivity index (χ4v) is 5.17. The number of rotatable bonds is 5. The van der Waals surface area contributed by atoms with E-state index >= 15 is 0 Å². The van der Waals surface area contributed by atoms with Gasteiger partial charge in [0.15, 0.2) is 9.84 Å². The summed E-state index contributed by atoms with van der Waals surface area (Å²) < 4.78 is 23.6. The predicted octanol–water partition coefficient (Wildman–Crippen LogP) is 1.39. The van der Waals surface area contributed by atoms with Gasteiger partial charge in [-0.05, 0) is 24.5 Å². The van der Waals surface area contributed by atoms with E-state index in [-0.39, 0.29) is 36.0 Å². The highest BCUT2D eigenvalue weighted by atomic mass is 32.2. The Bertz CT molecular complexity index is 738. The number of carbonyl (C=O) groups is 2. The van der Waals surface area contributed by atoms with Crippen LogP contribution in [0, 0.1) is 5.92 Å². The van der Waals surface area contributed by atoms with Crippen LogP contribution in [0.3, 0.4) is 0 Å². The normalized spacial score (nSPS) is 22.7. The number of hydrogen-bond donors (Lipinski definition) is 0. The number of sulfone groups is 1. The fraction of sp³-hybridized carbons (Fsp3) is 0.529. The summed E-state index contributed by atoms with van der Waals surface area (Å²) in [6.07, 6.45) is 0.554. The third kappa shape index (κ3) is 3.23. The van der Waals surface area contributed by atoms with Crippen LogP contribution in [0.4, 0.5) is 0 Å². The van der Waals surface area contributed by atoms with Gasteiger partial charge in [-0.15, -0.1) is 0 Å². The van der Waals surface area contributed by atoms with Gasteiger partial charge in [-0.3, -0.25) is 19.4 Å². The molecule has 1 atom stereocenters. The van der Waals surface area contributed by atoms with Crippen LogP contribution in [-0.2, 0) is 9.84 Å². The summed E-state index contributed by atoms with van der Waals surface area (Å²) in [5.41, 5.74) is 0.845. The van der Waals surface area contributed by atoms with Crippen LogP contribution < -0.4 is 0 Å². The minimum absolute atomic E-state index is 0.100. The highest BCUT2D eigenvalue weighted by Crippen LogP contribution is 2.25. The summed E-state index contributed by atoms with van der Waals surface area (Å²) in [4.78, 5) is 28.3. The van der Waals surface area contributed by atoms with Crippen LogP contribution in [0.25, 0.3) is 0 Å². The Kier molecular flexibility index (Phi) is 4.48. The van der Waals surface area contributed by atoms with Gasteiger partial charge in [0, 0.05) is 12.6 Å². The van der Waals surface area contributed by atoms with E-state index in [4.69, 9.17) is 0 Å². The van der Waals surface area contributed by atoms with Crippen LogP contribution in [0.1, 0.15) is 41.0 Å². The first kappa shape index (κ1) is 17.1. The second-order valence-electron chi connectivity index (χ2n) is 6.95. The van der Waals surface area contributed by atoms with E-state index < -0.39 is 9.84 Å². The van der Waals surface area contributed by atoms with Crippen molar-refractivity contribution in [2.45, 2.75) is 26.3 Å². The van der Waals surface area contributed by atoms with Crippen molar-refractivity contribution >= 4 is 21.7 Å². The molecule has 0 bridgehead atoms. The minimum atomic E-state index is -3.02. The first-order valence-electron chi connectivity index (χ1n) is 8.18. The molecule has 1 aromatic carbocycles. The van der Waals surface area contributed by atoms with E-state index in [0.29, 0.717) is 30.0 Å². The SMILES string of the molecule is CC(C)CN(CN1C(=O)c2ccccc2C1=O)C1CCS(=O)(=O)C1. The topological polar surface area (TPSA) is 74.8 Å². The van der Waals surface area contributed by atoms with Crippen LogP contribution in [0.5, 0.6) is 0 Å². The average molecular weight is 350 g/mol. The molecule has 2 heterocycles. The van der Waals surface area contributed by atoms with Gasteiger partial charge in [-0.25, -0.2) is 8.42 Å². The third-order valence-electron chi connectivity index (χ3n) is 4.53. The number of nitrogens with zero attached hydrogens (tertiary/aromatic N) is 2. The Morgan fingerprint density at radius 3 is 2.21 bits per heavy atom. The van der Waals surface area contributed by atoms with Gasteiger partial charge in [0.1, 0.15) is 0 Å². The van der Waals surface area contributed by atoms with Crippen molar-refractivity contribution in [2.75, 3.05) is 24.7 Å². The summed E-state index contributed by atoms with van der Waals surface area (Å²) in [6, 6.07) is 6.65. The lowest BCUT2D eigenvalue weighted by Crippen LogP contribution is -2.47. The van der Waals surface area contributed by atoms with E-state index in [2.05, 4.69) is 0 Å². The molecule has 2 aliphatic rings. The molecule has 0 radical (unpaired) electrons. The van der Waals surface area contributed by atoms with Gasteiger partial charge in [0.05, 0.1) is 29.3 Å². The largest absolute Gasteiger partial charge is 0.281 e. The van der Waals surface area contributed by atoms with Crippen LogP contribution in [0.15, 0.2) is 24.3 Å². The van der Waals surface area contributed by atoms with E-state index in [0.717, 1.165) is 0 Å². The number of carbonyl (C=O) groups excluding carboxylic acids is 2. The molecular formula is C17H22N2O4S. The molecule has 1 fully saturated rings. The average Bonchev–Trinajstić information content (AvgIpc) is 2.99. The van der Waals surface area contributed by atoms with E-state index in [1.54, 1.807) is 24.3 Å². The maximum Gasteiger partial charge on any atom is 0.262 e. The lowest BCUT2D eigenvalue weighted by atomic mass is 10.1. The van der Waals surface area contributed by atoms with Gasteiger partial charge in [-0.2, -0.15) is 0 Å². The molecule has 2 amide bonds. The maximum absolute atomic E-state index is 12.5. The van der Waals surface area contributed by atoms with Crippen LogP contribution in [-0.4, -0.2) is 60.8 Å². The predicted molar refractivity (Wildman–Crippen MR) is 90.4 cm³/mol. The Labute approximate surface area is 142 Å². The van der Waals surface area contributed by atoms with Crippen molar-refractivity contribution < 1.29 is 18.0 Å². The molecule has 24 heavy (non-hydrogen) atoms. The number of amides is 2. The van der Waals surface area contributed by atoms with E-state index in [1.807, 2.05) is 18.7 Å². The smallest absolute Gasteiger partial charge is 0.262 e. The molecule has 0 aromatic heterocycles. The molecule has 0 aliphatic carbocycles. The monoisotopic (exact) mass is 350 g/mol. The van der Waals surface area contributed by atoms with Crippen LogP contribution in [0.2, 0.25) is 0 Å². The first-order valence-corrected chi connectivity index (χ1v) is 10.0. The van der Waals surface area contributed by atoms with Crippen molar-refractivity contribution in [2.24, 2.45) is 5.92 Å². The molecule has 1 aromatic rings. The molecule has 1 unspecified atom stereocenters. The zero-order valence-electron chi connectivity index (χ0n) is 13.9. The second-order valence-corrected chi connectivity index (χ2v) is 9.18. The Balaban J connectivity index is 1.81. The third-order valence-corrected chi connectivity index (χ3v) is 6.28. The number of fused-ring (bicyclic) bond motifs is 1. The van der Waals surface area contributed by atoms with Crippen molar-refractivity contribution in [1.29, 1.82) is 0 Å². The highest BCUT2D eigenvalue weighted by Gasteiger charge is 2.39. The quantitative estimate of drug-likeness (QED) is 0.750. The molecule has 0 saturated carbocycles. The first-order chi connectivity index (χ1) is 11.3. The number of hydrogen-bond acceptors (Lipinski definition) is 5. The van der Waals surface area contributed by atoms with Gasteiger partial charge < -0.3 is 0 Å². The summed E-state index contributed by atoms with van der Waals surface area (Å²) >= 11 is 0. The maximum atomic E-state index is 12.5. The molecule has 7 heteroatoms. The number of imide groups is 1. The molecule has 6 nitrogen and oxygen atoms in total. The van der Waals surface area contributed by atoms with Gasteiger partial charge in [-0.1, -0.05) is 26.0 Å². The van der Waals surface area contributed by atoms with Gasteiger partial charge in [0.25, 0.3) is 11.8 Å². The van der Waals surface area contributed by atoms with Gasteiger partial charge in [0.2, 0.25) is 0 Å². The summed E-state index contributed by atoms with van der Waals surface area (Å²) in [5.74, 6) is -0.0176. The standard InChI is InChI=1S/C17H22N2O4S/c1-12(2)9-18(13-7-8-24(22,23)10-13)11-19-16(20)14-5-3-4-6-15(14)17(19)21/h3-6,12-13H,7-11H2,1-2H3. The molecule has 130 valence electrons. The van der Waals surface area contributed by atoms with Crippen molar-refractivity contribution in [3.63, 3.8) is 0 Å². The zero-order chi connectivity index (χ0) is 17.5. The molecule has 0 N–H and O–H groups in total. The Morgan fingerprint density at radius 2 is 1.75 bits per heavy atom. The van der Waals surface area contributed by atoms with E-state index in [1.165, 1.54) is 4.90 Å². The number of benzene rings is 1. The van der Waals surface area contributed by atoms with E-state index in [9.17, 15) is 18.0 Å². The second kappa shape index (κ2) is 6.29. The summed E-state index contributed by atoms with van der Waals surface area (Å²) in [7, 11) is -3.02. The van der Waals surface area contributed by atoms with Crippen LogP contribution >= 0.6 is 0 Å². The molecular weight excluding hydrogens is 328 g/mol. The van der Waals surface area contributed by atoms with Crippen molar-refractivity contribution in [3.8, 4) is 0 Å². The summed E-state index contributed by atoms with van der Waals surface area (Å²) in [6.45, 7) is 4.87. The summed E-state index contributed by atoms with van der Waals surface area (Å²) in [5, 5.41) is 0. The molecule has 1 saturated heterocycles. The lowest BCUT2D eigenvalue weighted by molar-refractivity contribution is 0.0477. The fourth-order valence-electron chi connectivity index (χ4n) is 3.40. The Hall–Kier alpha value is -1.73. The highest BCUT2D eigenvalue weighted by molar-refractivity contribution is 7.91. The minimum Gasteiger partial charge on any atom is -0.281 e. The van der Waals surface area contributed by atoms with Gasteiger partial charge >= 0.3 is 0 Å². The molecule has 3 rings (SSSR count). The molecule has 2 aliphatic heterocycles. The van der Waals surface area contributed by atoms with Crippen molar-refractivity contribution in [1.82, 2.24) is 9.80 Å². The van der Waals surface area contributed by atoms with Crippen molar-refractivity contribution in [3.05, 3.63) is 35.4 Å². The Morgan fingerprint density at radius 1 is 1.17 bits per heavy atom. The zero-order valence-corrected chi connectivity index (χ0v) is 14.8. The lowest BCUT2D eigenvalue weighted by Gasteiger charge is -2.32. The molecule has 0 spiro atoms.